The van der Waals surface area contributed by atoms with Crippen LogP contribution >= 0.6 is 11.6 Å². The summed E-state index contributed by atoms with van der Waals surface area (Å²) in [4.78, 5) is 2.41. The van der Waals surface area contributed by atoms with Crippen molar-refractivity contribution in [3.05, 3.63) is 71.0 Å². The van der Waals surface area contributed by atoms with E-state index in [0.717, 1.165) is 48.4 Å². The zero-order chi connectivity index (χ0) is 15.6. The fourth-order valence-electron chi connectivity index (χ4n) is 3.00. The lowest BCUT2D eigenvalue weighted by Crippen LogP contribution is -2.33. The van der Waals surface area contributed by atoms with Crippen molar-refractivity contribution in [3.8, 4) is 11.4 Å². The Bertz CT molecular complexity index is 796. The molecule has 5 heteroatoms. The Morgan fingerprint density at radius 3 is 2.48 bits per heavy atom. The maximum Gasteiger partial charge on any atom is 0.164 e. The van der Waals surface area contributed by atoms with Crippen LogP contribution in [0.2, 0.25) is 5.02 Å². The van der Waals surface area contributed by atoms with E-state index < -0.39 is 0 Å². The average molecular weight is 325 g/mol. The van der Waals surface area contributed by atoms with Gasteiger partial charge in [-0.3, -0.25) is 4.90 Å². The number of hydrogen-bond acceptors (Lipinski definition) is 3. The van der Waals surface area contributed by atoms with Gasteiger partial charge in [0.25, 0.3) is 0 Å². The Hall–Kier alpha value is -2.17. The molecule has 23 heavy (non-hydrogen) atoms. The van der Waals surface area contributed by atoms with Crippen LogP contribution in [0.1, 0.15) is 11.4 Å². The minimum absolute atomic E-state index is 0.737. The number of aromatic nitrogens is 3. The molecule has 4 nitrogen and oxygen atoms in total. The van der Waals surface area contributed by atoms with Gasteiger partial charge in [-0.25, -0.2) is 0 Å². The van der Waals surface area contributed by atoms with Crippen molar-refractivity contribution >= 4 is 11.6 Å². The number of fused-ring (bicyclic) bond motifs is 1. The van der Waals surface area contributed by atoms with Gasteiger partial charge in [-0.2, -0.15) is 0 Å². The number of benzene rings is 2. The van der Waals surface area contributed by atoms with Gasteiger partial charge in [0.1, 0.15) is 5.82 Å². The molecule has 0 unspecified atom stereocenters. The number of rotatable bonds is 3. The molecule has 0 saturated carbocycles. The summed E-state index contributed by atoms with van der Waals surface area (Å²) in [6.07, 6.45) is 0. The Morgan fingerprint density at radius 2 is 1.70 bits per heavy atom. The molecule has 0 radical (unpaired) electrons. The van der Waals surface area contributed by atoms with Gasteiger partial charge in [-0.05, 0) is 29.8 Å². The molecular weight excluding hydrogens is 308 g/mol. The summed E-state index contributed by atoms with van der Waals surface area (Å²) in [5.74, 6) is 1.95. The van der Waals surface area contributed by atoms with Gasteiger partial charge >= 0.3 is 0 Å². The summed E-state index contributed by atoms with van der Waals surface area (Å²) in [6.45, 7) is 3.69. The second-order valence-electron chi connectivity index (χ2n) is 5.79. The predicted octanol–water partition coefficient (Wildman–Crippen LogP) is 3.61. The molecule has 1 aliphatic heterocycles. The molecular formula is C18H17ClN4. The first-order valence-electron chi connectivity index (χ1n) is 7.74. The average Bonchev–Trinajstić information content (AvgIpc) is 3.00. The molecule has 0 bridgehead atoms. The third kappa shape index (κ3) is 3.00. The van der Waals surface area contributed by atoms with Gasteiger partial charge < -0.3 is 4.57 Å². The van der Waals surface area contributed by atoms with E-state index in [1.165, 1.54) is 5.56 Å². The predicted molar refractivity (Wildman–Crippen MR) is 91.0 cm³/mol. The van der Waals surface area contributed by atoms with Gasteiger partial charge in [0, 0.05) is 30.2 Å². The standard InChI is InChI=1S/C18H17ClN4/c19-16-8-6-15(7-9-16)18-21-20-17-13-22(10-11-23(17)18)12-14-4-2-1-3-5-14/h1-9H,10-13H2. The minimum Gasteiger partial charge on any atom is -0.309 e. The lowest BCUT2D eigenvalue weighted by atomic mass is 10.2. The lowest BCUT2D eigenvalue weighted by Gasteiger charge is -2.27. The highest BCUT2D eigenvalue weighted by Crippen LogP contribution is 2.23. The first kappa shape index (κ1) is 14.4. The monoisotopic (exact) mass is 324 g/mol. The lowest BCUT2D eigenvalue weighted by molar-refractivity contribution is 0.209. The zero-order valence-electron chi connectivity index (χ0n) is 12.7. The minimum atomic E-state index is 0.737. The highest BCUT2D eigenvalue weighted by atomic mass is 35.5. The Morgan fingerprint density at radius 1 is 0.913 bits per heavy atom. The van der Waals surface area contributed by atoms with E-state index in [-0.39, 0.29) is 0 Å². The molecule has 2 heterocycles. The van der Waals surface area contributed by atoms with Crippen LogP contribution in [0, 0.1) is 0 Å². The van der Waals surface area contributed by atoms with E-state index in [1.807, 2.05) is 24.3 Å². The van der Waals surface area contributed by atoms with E-state index in [0.29, 0.717) is 0 Å². The molecule has 1 aliphatic rings. The fourth-order valence-corrected chi connectivity index (χ4v) is 3.12. The molecule has 0 amide bonds. The molecule has 0 saturated heterocycles. The van der Waals surface area contributed by atoms with Gasteiger partial charge in [0.15, 0.2) is 5.82 Å². The fraction of sp³-hybridized carbons (Fsp3) is 0.222. The van der Waals surface area contributed by atoms with Crippen LogP contribution in [0.15, 0.2) is 54.6 Å². The van der Waals surface area contributed by atoms with Gasteiger partial charge in [-0.1, -0.05) is 41.9 Å². The quantitative estimate of drug-likeness (QED) is 0.738. The normalized spacial score (nSPS) is 14.7. The van der Waals surface area contributed by atoms with Crippen molar-refractivity contribution in [1.29, 1.82) is 0 Å². The molecule has 0 fully saturated rings. The SMILES string of the molecule is Clc1ccc(-c2nnc3n2CCN(Cc2ccccc2)C3)cc1. The molecule has 4 rings (SSSR count). The Kier molecular flexibility index (Phi) is 3.85. The topological polar surface area (TPSA) is 34.0 Å². The van der Waals surface area contributed by atoms with Crippen LogP contribution in [0.5, 0.6) is 0 Å². The summed E-state index contributed by atoms with van der Waals surface area (Å²) >= 11 is 5.96. The van der Waals surface area contributed by atoms with E-state index in [2.05, 4.69) is 50.0 Å². The smallest absolute Gasteiger partial charge is 0.164 e. The second kappa shape index (κ2) is 6.14. The molecule has 0 N–H and O–H groups in total. The van der Waals surface area contributed by atoms with E-state index in [4.69, 9.17) is 11.6 Å². The van der Waals surface area contributed by atoms with Gasteiger partial charge in [0.05, 0.1) is 6.54 Å². The summed E-state index contributed by atoms with van der Waals surface area (Å²) < 4.78 is 2.21. The van der Waals surface area contributed by atoms with E-state index >= 15 is 0 Å². The maximum absolute atomic E-state index is 5.96. The van der Waals surface area contributed by atoms with Crippen LogP contribution in [0.3, 0.4) is 0 Å². The van der Waals surface area contributed by atoms with Crippen LogP contribution < -0.4 is 0 Å². The van der Waals surface area contributed by atoms with E-state index in [1.54, 1.807) is 0 Å². The number of nitrogens with zero attached hydrogens (tertiary/aromatic N) is 4. The largest absolute Gasteiger partial charge is 0.309 e. The summed E-state index contributed by atoms with van der Waals surface area (Å²) in [5, 5.41) is 9.51. The van der Waals surface area contributed by atoms with Crippen molar-refractivity contribution in [1.82, 2.24) is 19.7 Å². The van der Waals surface area contributed by atoms with Gasteiger partial charge in [0.2, 0.25) is 0 Å². The van der Waals surface area contributed by atoms with Crippen molar-refractivity contribution in [2.24, 2.45) is 0 Å². The third-order valence-electron chi connectivity index (χ3n) is 4.18. The molecule has 116 valence electrons. The highest BCUT2D eigenvalue weighted by Gasteiger charge is 2.21. The summed E-state index contributed by atoms with van der Waals surface area (Å²) in [6, 6.07) is 18.3. The van der Waals surface area contributed by atoms with E-state index in [9.17, 15) is 0 Å². The molecule has 2 aromatic carbocycles. The highest BCUT2D eigenvalue weighted by molar-refractivity contribution is 6.30. The number of halogens is 1. The van der Waals surface area contributed by atoms with Crippen molar-refractivity contribution in [3.63, 3.8) is 0 Å². The summed E-state index contributed by atoms with van der Waals surface area (Å²) in [5.41, 5.74) is 2.39. The molecule has 0 spiro atoms. The van der Waals surface area contributed by atoms with Gasteiger partial charge in [-0.15, -0.1) is 10.2 Å². The van der Waals surface area contributed by atoms with Crippen molar-refractivity contribution in [2.45, 2.75) is 19.6 Å². The van der Waals surface area contributed by atoms with Crippen LogP contribution in [-0.4, -0.2) is 26.2 Å². The van der Waals surface area contributed by atoms with Crippen LogP contribution in [0.25, 0.3) is 11.4 Å². The second-order valence-corrected chi connectivity index (χ2v) is 6.23. The third-order valence-corrected chi connectivity index (χ3v) is 4.44. The first-order valence-corrected chi connectivity index (χ1v) is 8.12. The zero-order valence-corrected chi connectivity index (χ0v) is 13.4. The molecule has 1 aromatic heterocycles. The molecule has 0 atom stereocenters. The molecule has 0 aliphatic carbocycles. The first-order chi connectivity index (χ1) is 11.3. The summed E-state index contributed by atoms with van der Waals surface area (Å²) in [7, 11) is 0. The maximum atomic E-state index is 5.96. The Balaban J connectivity index is 1.54. The van der Waals surface area contributed by atoms with Crippen molar-refractivity contribution in [2.75, 3.05) is 6.54 Å². The molecule has 3 aromatic rings. The van der Waals surface area contributed by atoms with Crippen molar-refractivity contribution < 1.29 is 0 Å². The van der Waals surface area contributed by atoms with Crippen LogP contribution in [-0.2, 0) is 19.6 Å². The Labute approximate surface area is 140 Å². The number of hydrogen-bond donors (Lipinski definition) is 0. The van der Waals surface area contributed by atoms with Crippen LogP contribution in [0.4, 0.5) is 0 Å².